The van der Waals surface area contributed by atoms with Gasteiger partial charge in [-0.2, -0.15) is 0 Å². The van der Waals surface area contributed by atoms with E-state index in [1.165, 1.54) is 5.56 Å². The molecule has 2 amide bonds. The van der Waals surface area contributed by atoms with Gasteiger partial charge in [-0.05, 0) is 36.2 Å². The fourth-order valence-corrected chi connectivity index (χ4v) is 5.65. The zero-order valence-electron chi connectivity index (χ0n) is 20.0. The minimum Gasteiger partial charge on any atom is -0.497 e. The molecule has 0 bridgehead atoms. The van der Waals surface area contributed by atoms with Crippen LogP contribution in [0.25, 0.3) is 22.4 Å². The standard InChI is InChI=1S/C26H26N8O2/c1-36-19-4-2-3-16(11-19)22-7-8-23-30-21-6-5-20(31-24(21)34(22)23)17-12-27-25(28-13-17)32-9-10-33-18(15-32)14-29-26(33)35/h2-6,11-13,18,22H,7-10,14-15H2,1H3,(H,29,35)/t18-,22-/m1/s1. The molecule has 3 aromatic heterocycles. The second kappa shape index (κ2) is 8.18. The van der Waals surface area contributed by atoms with E-state index in [2.05, 4.69) is 36.9 Å². The Hall–Kier alpha value is -4.21. The number of urea groups is 1. The van der Waals surface area contributed by atoms with Crippen LogP contribution in [-0.2, 0) is 6.42 Å². The maximum atomic E-state index is 11.9. The number of aryl methyl sites for hydroxylation is 1. The maximum Gasteiger partial charge on any atom is 0.317 e. The zero-order valence-corrected chi connectivity index (χ0v) is 20.0. The molecule has 2 saturated heterocycles. The van der Waals surface area contributed by atoms with E-state index >= 15 is 0 Å². The predicted molar refractivity (Wildman–Crippen MR) is 134 cm³/mol. The molecule has 0 unspecified atom stereocenters. The Balaban J connectivity index is 1.18. The van der Waals surface area contributed by atoms with Gasteiger partial charge in [-0.1, -0.05) is 12.1 Å². The van der Waals surface area contributed by atoms with Gasteiger partial charge in [0.05, 0.1) is 24.9 Å². The molecule has 3 aliphatic heterocycles. The Morgan fingerprint density at radius 1 is 1.08 bits per heavy atom. The van der Waals surface area contributed by atoms with Crippen LogP contribution in [0.15, 0.2) is 48.8 Å². The smallest absolute Gasteiger partial charge is 0.317 e. The molecule has 0 saturated carbocycles. The van der Waals surface area contributed by atoms with Gasteiger partial charge in [-0.15, -0.1) is 0 Å². The molecule has 36 heavy (non-hydrogen) atoms. The molecule has 1 N–H and O–H groups in total. The number of aromatic nitrogens is 5. The first-order chi connectivity index (χ1) is 17.7. The molecule has 2 fully saturated rings. The number of pyridine rings is 1. The number of hydrogen-bond donors (Lipinski definition) is 1. The Kier molecular flexibility index (Phi) is 4.80. The number of ether oxygens (including phenoxy) is 1. The first-order valence-corrected chi connectivity index (χ1v) is 12.3. The van der Waals surface area contributed by atoms with Gasteiger partial charge in [0.15, 0.2) is 5.65 Å². The van der Waals surface area contributed by atoms with E-state index < -0.39 is 0 Å². The number of nitrogens with one attached hydrogen (secondary N) is 1. The number of rotatable bonds is 4. The van der Waals surface area contributed by atoms with Crippen molar-refractivity contribution in [1.82, 2.24) is 34.7 Å². The molecule has 6 heterocycles. The van der Waals surface area contributed by atoms with Crippen molar-refractivity contribution in [3.8, 4) is 17.0 Å². The van der Waals surface area contributed by atoms with Crippen molar-refractivity contribution in [3.63, 3.8) is 0 Å². The van der Waals surface area contributed by atoms with Crippen LogP contribution >= 0.6 is 0 Å². The lowest BCUT2D eigenvalue weighted by Crippen LogP contribution is -2.52. The summed E-state index contributed by atoms with van der Waals surface area (Å²) in [5.41, 5.74) is 4.67. The van der Waals surface area contributed by atoms with Crippen LogP contribution in [0.2, 0.25) is 0 Å². The highest BCUT2D eigenvalue weighted by molar-refractivity contribution is 5.78. The minimum absolute atomic E-state index is 0.0254. The second-order valence-corrected chi connectivity index (χ2v) is 9.52. The van der Waals surface area contributed by atoms with Crippen LogP contribution in [0, 0.1) is 0 Å². The van der Waals surface area contributed by atoms with Crippen LogP contribution in [0.1, 0.15) is 23.9 Å². The number of carbonyl (C=O) groups excluding carboxylic acids is 1. The molecule has 10 nitrogen and oxygen atoms in total. The summed E-state index contributed by atoms with van der Waals surface area (Å²) in [6.45, 7) is 2.81. The normalized spacial score (nSPS) is 21.0. The van der Waals surface area contributed by atoms with Gasteiger partial charge in [0.25, 0.3) is 0 Å². The fraction of sp³-hybridized carbons (Fsp3) is 0.346. The van der Waals surface area contributed by atoms with Crippen molar-refractivity contribution in [2.45, 2.75) is 24.9 Å². The number of imidazole rings is 1. The van der Waals surface area contributed by atoms with E-state index in [0.29, 0.717) is 19.0 Å². The SMILES string of the molecule is COc1cccc([C@H]2CCc3nc4ccc(-c5cnc(N6CCN7C(=O)NC[C@@H]7C6)nc5)nc4n32)c1. The summed E-state index contributed by atoms with van der Waals surface area (Å²) in [6, 6.07) is 12.6. The van der Waals surface area contributed by atoms with Gasteiger partial charge in [-0.3, -0.25) is 0 Å². The van der Waals surface area contributed by atoms with Crippen molar-refractivity contribution < 1.29 is 9.53 Å². The second-order valence-electron chi connectivity index (χ2n) is 9.52. The first kappa shape index (κ1) is 21.1. The third-order valence-corrected chi connectivity index (χ3v) is 7.49. The summed E-state index contributed by atoms with van der Waals surface area (Å²) in [6.07, 6.45) is 5.58. The molecule has 2 atom stereocenters. The fourth-order valence-electron chi connectivity index (χ4n) is 5.65. The lowest BCUT2D eigenvalue weighted by Gasteiger charge is -2.36. The summed E-state index contributed by atoms with van der Waals surface area (Å²) in [7, 11) is 1.69. The van der Waals surface area contributed by atoms with Gasteiger partial charge in [-0.25, -0.2) is 24.7 Å². The highest BCUT2D eigenvalue weighted by Crippen LogP contribution is 2.36. The molecule has 10 heteroatoms. The lowest BCUT2D eigenvalue weighted by atomic mass is 10.0. The first-order valence-electron chi connectivity index (χ1n) is 12.3. The van der Waals surface area contributed by atoms with Crippen LogP contribution in [0.4, 0.5) is 10.7 Å². The topological polar surface area (TPSA) is 101 Å². The van der Waals surface area contributed by atoms with Crippen LogP contribution in [-0.4, -0.2) is 74.8 Å². The molecule has 0 spiro atoms. The van der Waals surface area contributed by atoms with Crippen molar-refractivity contribution >= 4 is 23.1 Å². The Morgan fingerprint density at radius 3 is 2.83 bits per heavy atom. The summed E-state index contributed by atoms with van der Waals surface area (Å²) in [5.74, 6) is 2.60. The molecule has 7 rings (SSSR count). The van der Waals surface area contributed by atoms with Crippen molar-refractivity contribution in [3.05, 3.63) is 60.2 Å². The molecule has 1 aromatic carbocycles. The van der Waals surface area contributed by atoms with Crippen molar-refractivity contribution in [2.75, 3.05) is 38.2 Å². The number of nitrogens with zero attached hydrogens (tertiary/aromatic N) is 7. The summed E-state index contributed by atoms with van der Waals surface area (Å²) in [4.78, 5) is 35.1. The van der Waals surface area contributed by atoms with Gasteiger partial charge < -0.3 is 24.4 Å². The highest BCUT2D eigenvalue weighted by atomic mass is 16.5. The van der Waals surface area contributed by atoms with Crippen molar-refractivity contribution in [1.29, 1.82) is 0 Å². The van der Waals surface area contributed by atoms with E-state index in [-0.39, 0.29) is 18.1 Å². The Labute approximate surface area is 208 Å². The highest BCUT2D eigenvalue weighted by Gasteiger charge is 2.36. The number of methoxy groups -OCH3 is 1. The van der Waals surface area contributed by atoms with Crippen LogP contribution in [0.3, 0.4) is 0 Å². The molecule has 182 valence electrons. The summed E-state index contributed by atoms with van der Waals surface area (Å²) < 4.78 is 7.71. The Morgan fingerprint density at radius 2 is 1.97 bits per heavy atom. The quantitative estimate of drug-likeness (QED) is 0.477. The average Bonchev–Trinajstić information content (AvgIpc) is 3.62. The Bertz CT molecular complexity index is 1470. The number of piperazine rings is 1. The number of anilines is 1. The predicted octanol–water partition coefficient (Wildman–Crippen LogP) is 2.65. The van der Waals surface area contributed by atoms with Gasteiger partial charge >= 0.3 is 6.03 Å². The minimum atomic E-state index is 0.0254. The molecular formula is C26H26N8O2. The van der Waals surface area contributed by atoms with E-state index in [9.17, 15) is 4.79 Å². The largest absolute Gasteiger partial charge is 0.497 e. The van der Waals surface area contributed by atoms with Crippen LogP contribution < -0.4 is 15.0 Å². The van der Waals surface area contributed by atoms with E-state index in [1.54, 1.807) is 7.11 Å². The molecule has 0 radical (unpaired) electrons. The number of benzene rings is 1. The third kappa shape index (κ3) is 3.35. The van der Waals surface area contributed by atoms with E-state index in [0.717, 1.165) is 59.9 Å². The molecular weight excluding hydrogens is 456 g/mol. The maximum absolute atomic E-state index is 11.9. The van der Waals surface area contributed by atoms with E-state index in [1.807, 2.05) is 41.6 Å². The van der Waals surface area contributed by atoms with Gasteiger partial charge in [0.2, 0.25) is 5.95 Å². The van der Waals surface area contributed by atoms with Crippen molar-refractivity contribution in [2.24, 2.45) is 0 Å². The summed E-state index contributed by atoms with van der Waals surface area (Å²) >= 11 is 0. The average molecular weight is 483 g/mol. The summed E-state index contributed by atoms with van der Waals surface area (Å²) in [5, 5.41) is 2.91. The lowest BCUT2D eigenvalue weighted by molar-refractivity contribution is 0.197. The number of fused-ring (bicyclic) bond motifs is 4. The number of hydrogen-bond acceptors (Lipinski definition) is 7. The molecule has 0 aliphatic carbocycles. The number of amides is 2. The monoisotopic (exact) mass is 482 g/mol. The van der Waals surface area contributed by atoms with Gasteiger partial charge in [0, 0.05) is 50.6 Å². The number of carbonyl (C=O) groups is 1. The molecule has 3 aliphatic rings. The zero-order chi connectivity index (χ0) is 24.2. The van der Waals surface area contributed by atoms with Crippen LogP contribution in [0.5, 0.6) is 5.75 Å². The molecule has 4 aromatic rings. The van der Waals surface area contributed by atoms with Gasteiger partial charge in [0.1, 0.15) is 17.1 Å². The third-order valence-electron chi connectivity index (χ3n) is 7.49. The van der Waals surface area contributed by atoms with E-state index in [4.69, 9.17) is 14.7 Å².